The average molecular weight is 452 g/mol. The summed E-state index contributed by atoms with van der Waals surface area (Å²) in [6, 6.07) is 0. The molecule has 0 radical (unpaired) electrons. The van der Waals surface area contributed by atoms with E-state index in [-0.39, 0.29) is 17.0 Å². The normalized spacial score (nSPS) is 18.0. The van der Waals surface area contributed by atoms with Gasteiger partial charge >= 0.3 is 5.97 Å². The Hall–Kier alpha value is -0.570. The fourth-order valence-corrected chi connectivity index (χ4v) is 5.61. The van der Waals surface area contributed by atoms with E-state index >= 15 is 0 Å². The van der Waals surface area contributed by atoms with Crippen LogP contribution in [0.1, 0.15) is 157 Å². The van der Waals surface area contributed by atoms with E-state index in [1.165, 1.54) is 109 Å². The maximum Gasteiger partial charge on any atom is 0.305 e. The SMILES string of the molecule is CCCCCCCCCCCCCCCCCC(=O)OCCN1C(C)(C)CCCC1(C)C. The van der Waals surface area contributed by atoms with Crippen molar-refractivity contribution < 1.29 is 9.53 Å². The van der Waals surface area contributed by atoms with Crippen molar-refractivity contribution in [2.45, 2.75) is 168 Å². The molecular weight excluding hydrogens is 394 g/mol. The first-order chi connectivity index (χ1) is 15.3. The Morgan fingerprint density at radius 2 is 1.09 bits per heavy atom. The van der Waals surface area contributed by atoms with Gasteiger partial charge in [-0.2, -0.15) is 0 Å². The zero-order chi connectivity index (χ0) is 23.7. The Morgan fingerprint density at radius 3 is 1.53 bits per heavy atom. The number of likely N-dealkylation sites (tertiary alicyclic amines) is 1. The van der Waals surface area contributed by atoms with Gasteiger partial charge in [0.2, 0.25) is 0 Å². The zero-order valence-corrected chi connectivity index (χ0v) is 22.6. The molecule has 0 saturated carbocycles. The van der Waals surface area contributed by atoms with Crippen LogP contribution in [0.5, 0.6) is 0 Å². The topological polar surface area (TPSA) is 29.5 Å². The highest BCUT2D eigenvalue weighted by Crippen LogP contribution is 2.37. The van der Waals surface area contributed by atoms with Crippen LogP contribution in [-0.4, -0.2) is 35.1 Å². The minimum absolute atomic E-state index is 0.00712. The number of esters is 1. The van der Waals surface area contributed by atoms with Crippen molar-refractivity contribution in [2.24, 2.45) is 0 Å². The van der Waals surface area contributed by atoms with Crippen molar-refractivity contribution in [3.05, 3.63) is 0 Å². The highest BCUT2D eigenvalue weighted by molar-refractivity contribution is 5.69. The molecule has 3 heteroatoms. The minimum Gasteiger partial charge on any atom is -0.464 e. The van der Waals surface area contributed by atoms with E-state index < -0.39 is 0 Å². The van der Waals surface area contributed by atoms with E-state index in [9.17, 15) is 4.79 Å². The van der Waals surface area contributed by atoms with Crippen LogP contribution in [0.3, 0.4) is 0 Å². The minimum atomic E-state index is -0.00712. The molecule has 0 amide bonds. The van der Waals surface area contributed by atoms with Crippen LogP contribution in [0.2, 0.25) is 0 Å². The predicted molar refractivity (Wildman–Crippen MR) is 139 cm³/mol. The van der Waals surface area contributed by atoms with Gasteiger partial charge in [0.05, 0.1) is 0 Å². The Morgan fingerprint density at radius 1 is 0.688 bits per heavy atom. The summed E-state index contributed by atoms with van der Waals surface area (Å²) in [5, 5.41) is 0. The van der Waals surface area contributed by atoms with Crippen molar-refractivity contribution in [1.82, 2.24) is 4.90 Å². The molecule has 0 aromatic rings. The number of unbranched alkanes of at least 4 members (excludes halogenated alkanes) is 14. The van der Waals surface area contributed by atoms with E-state index in [2.05, 4.69) is 39.5 Å². The van der Waals surface area contributed by atoms with Crippen molar-refractivity contribution in [2.75, 3.05) is 13.2 Å². The van der Waals surface area contributed by atoms with Crippen molar-refractivity contribution >= 4 is 5.97 Å². The zero-order valence-electron chi connectivity index (χ0n) is 22.6. The molecule has 1 aliphatic rings. The van der Waals surface area contributed by atoms with Gasteiger partial charge < -0.3 is 4.74 Å². The third kappa shape index (κ3) is 13.2. The number of piperidine rings is 1. The smallest absolute Gasteiger partial charge is 0.305 e. The van der Waals surface area contributed by atoms with Gasteiger partial charge in [-0.3, -0.25) is 9.69 Å². The molecule has 0 bridgehead atoms. The van der Waals surface area contributed by atoms with Crippen molar-refractivity contribution in [3.8, 4) is 0 Å². The summed E-state index contributed by atoms with van der Waals surface area (Å²) < 4.78 is 5.57. The highest BCUT2D eigenvalue weighted by atomic mass is 16.5. The van der Waals surface area contributed by atoms with E-state index in [0.29, 0.717) is 13.0 Å². The molecule has 0 spiro atoms. The predicted octanol–water partition coefficient (Wildman–Crippen LogP) is 8.83. The number of rotatable bonds is 19. The average Bonchev–Trinajstić information content (AvgIpc) is 2.72. The summed E-state index contributed by atoms with van der Waals surface area (Å²) in [6.07, 6.45) is 24.6. The van der Waals surface area contributed by atoms with Crippen LogP contribution >= 0.6 is 0 Å². The largest absolute Gasteiger partial charge is 0.464 e. The van der Waals surface area contributed by atoms with Crippen LogP contribution in [0.4, 0.5) is 0 Å². The second-order valence-corrected chi connectivity index (χ2v) is 11.6. The number of ether oxygens (including phenoxy) is 1. The molecule has 0 unspecified atom stereocenters. The first-order valence-electron chi connectivity index (χ1n) is 14.2. The van der Waals surface area contributed by atoms with Gasteiger partial charge in [0.25, 0.3) is 0 Å². The van der Waals surface area contributed by atoms with Crippen LogP contribution in [0, 0.1) is 0 Å². The van der Waals surface area contributed by atoms with Crippen LogP contribution in [-0.2, 0) is 9.53 Å². The highest BCUT2D eigenvalue weighted by Gasteiger charge is 2.40. The fourth-order valence-electron chi connectivity index (χ4n) is 5.61. The molecule has 0 aliphatic carbocycles. The summed E-state index contributed by atoms with van der Waals surface area (Å²) >= 11 is 0. The Labute approximate surface area is 201 Å². The second-order valence-electron chi connectivity index (χ2n) is 11.6. The van der Waals surface area contributed by atoms with Crippen LogP contribution in [0.15, 0.2) is 0 Å². The van der Waals surface area contributed by atoms with Gasteiger partial charge in [-0.1, -0.05) is 96.8 Å². The van der Waals surface area contributed by atoms with E-state index in [4.69, 9.17) is 4.74 Å². The first-order valence-corrected chi connectivity index (χ1v) is 14.2. The lowest BCUT2D eigenvalue weighted by atomic mass is 9.80. The number of nitrogens with zero attached hydrogens (tertiary/aromatic N) is 1. The monoisotopic (exact) mass is 451 g/mol. The third-order valence-corrected chi connectivity index (χ3v) is 7.60. The molecule has 1 fully saturated rings. The van der Waals surface area contributed by atoms with Crippen LogP contribution < -0.4 is 0 Å². The molecule has 1 aliphatic heterocycles. The van der Waals surface area contributed by atoms with Gasteiger partial charge in [-0.15, -0.1) is 0 Å². The molecule has 0 N–H and O–H groups in total. The lowest BCUT2D eigenvalue weighted by Gasteiger charge is -2.52. The van der Waals surface area contributed by atoms with Gasteiger partial charge in [-0.05, 0) is 53.4 Å². The first kappa shape index (κ1) is 29.5. The van der Waals surface area contributed by atoms with E-state index in [1.807, 2.05) is 0 Å². The lowest BCUT2D eigenvalue weighted by Crippen LogP contribution is -2.59. The third-order valence-electron chi connectivity index (χ3n) is 7.60. The molecule has 1 heterocycles. The quantitative estimate of drug-likeness (QED) is 0.145. The molecular formula is C29H57NO2. The maximum absolute atomic E-state index is 12.1. The van der Waals surface area contributed by atoms with E-state index in [0.717, 1.165) is 13.0 Å². The Kier molecular flexibility index (Phi) is 15.6. The van der Waals surface area contributed by atoms with E-state index in [1.54, 1.807) is 0 Å². The molecule has 190 valence electrons. The standard InChI is InChI=1S/C29H57NO2/c1-6-7-8-9-10-11-12-13-14-15-16-17-18-19-20-22-27(31)32-26-25-30-28(2,3)23-21-24-29(30,4)5/h6-26H2,1-5H3. The molecule has 32 heavy (non-hydrogen) atoms. The lowest BCUT2D eigenvalue weighted by molar-refractivity contribution is -0.146. The maximum atomic E-state index is 12.1. The molecule has 3 nitrogen and oxygen atoms in total. The number of carbonyl (C=O) groups is 1. The molecule has 0 atom stereocenters. The van der Waals surface area contributed by atoms with Gasteiger partial charge in [-0.25, -0.2) is 0 Å². The number of hydrogen-bond acceptors (Lipinski definition) is 3. The van der Waals surface area contributed by atoms with Gasteiger partial charge in [0, 0.05) is 24.0 Å². The van der Waals surface area contributed by atoms with Crippen molar-refractivity contribution in [1.29, 1.82) is 0 Å². The summed E-state index contributed by atoms with van der Waals surface area (Å²) in [5.41, 5.74) is 0.394. The molecule has 0 aromatic carbocycles. The Balaban J connectivity index is 1.91. The van der Waals surface area contributed by atoms with Gasteiger partial charge in [0.1, 0.15) is 6.61 Å². The fraction of sp³-hybridized carbons (Fsp3) is 0.966. The molecule has 1 rings (SSSR count). The summed E-state index contributed by atoms with van der Waals surface area (Å²) in [5.74, 6) is -0.00712. The van der Waals surface area contributed by atoms with Crippen molar-refractivity contribution in [3.63, 3.8) is 0 Å². The second kappa shape index (κ2) is 17.0. The summed E-state index contributed by atoms with van der Waals surface area (Å²) in [7, 11) is 0. The molecule has 1 saturated heterocycles. The molecule has 0 aromatic heterocycles. The summed E-state index contributed by atoms with van der Waals surface area (Å²) in [4.78, 5) is 14.6. The number of hydrogen-bond donors (Lipinski definition) is 0. The summed E-state index contributed by atoms with van der Waals surface area (Å²) in [6.45, 7) is 13.0. The van der Waals surface area contributed by atoms with Crippen LogP contribution in [0.25, 0.3) is 0 Å². The Bertz CT molecular complexity index is 456. The van der Waals surface area contributed by atoms with Gasteiger partial charge in [0.15, 0.2) is 0 Å². The number of carbonyl (C=O) groups excluding carboxylic acids is 1.